The van der Waals surface area contributed by atoms with E-state index in [2.05, 4.69) is 5.32 Å². The molecule has 0 aliphatic heterocycles. The number of aryl methyl sites for hydroxylation is 1. The van der Waals surface area contributed by atoms with Crippen molar-refractivity contribution in [1.82, 2.24) is 0 Å². The lowest BCUT2D eigenvalue weighted by Crippen LogP contribution is -2.21. The Morgan fingerprint density at radius 3 is 2.44 bits per heavy atom. The number of anilines is 1. The van der Waals surface area contributed by atoms with E-state index in [1.807, 2.05) is 19.1 Å². The van der Waals surface area contributed by atoms with Gasteiger partial charge in [0.2, 0.25) is 0 Å². The molecule has 0 saturated carbocycles. The van der Waals surface area contributed by atoms with E-state index < -0.39 is 28.3 Å². The zero-order valence-corrected chi connectivity index (χ0v) is 15.9. The highest BCUT2D eigenvalue weighted by Crippen LogP contribution is 2.15. The maximum atomic E-state index is 11.8. The zero-order chi connectivity index (χ0) is 19.9. The van der Waals surface area contributed by atoms with Gasteiger partial charge in [-0.1, -0.05) is 23.8 Å². The third kappa shape index (κ3) is 7.10. The maximum absolute atomic E-state index is 11.8. The van der Waals surface area contributed by atoms with Crippen LogP contribution in [-0.2, 0) is 24.2 Å². The Morgan fingerprint density at radius 1 is 1.07 bits per heavy atom. The standard InChI is InChI=1S/C19H21NO6S/c1-14-6-8-16(9-7-14)25-11-10-19(22)26-13-18(21)20-15-4-3-5-17(12-15)27(2,23)24/h3-9,12H,10-11,13H2,1-2H3,(H,20,21). The summed E-state index contributed by atoms with van der Waals surface area (Å²) in [5, 5.41) is 2.49. The predicted octanol–water partition coefficient (Wildman–Crippen LogP) is 2.35. The van der Waals surface area contributed by atoms with E-state index in [1.54, 1.807) is 18.2 Å². The smallest absolute Gasteiger partial charge is 0.309 e. The first-order valence-corrected chi connectivity index (χ1v) is 10.1. The first-order valence-electron chi connectivity index (χ1n) is 8.19. The van der Waals surface area contributed by atoms with Crippen molar-refractivity contribution in [2.24, 2.45) is 0 Å². The first-order chi connectivity index (χ1) is 12.7. The van der Waals surface area contributed by atoms with Crippen molar-refractivity contribution in [2.75, 3.05) is 24.8 Å². The molecule has 0 fully saturated rings. The number of rotatable bonds is 8. The Kier molecular flexibility index (Phi) is 6.95. The number of nitrogens with one attached hydrogen (secondary N) is 1. The molecular weight excluding hydrogens is 370 g/mol. The Bertz CT molecular complexity index is 906. The van der Waals surface area contributed by atoms with Crippen LogP contribution in [0.4, 0.5) is 5.69 Å². The second kappa shape index (κ2) is 9.18. The van der Waals surface area contributed by atoms with Crippen molar-refractivity contribution < 1.29 is 27.5 Å². The van der Waals surface area contributed by atoms with E-state index >= 15 is 0 Å². The third-order valence-electron chi connectivity index (χ3n) is 3.51. The second-order valence-electron chi connectivity index (χ2n) is 5.92. The highest BCUT2D eigenvalue weighted by atomic mass is 32.2. The maximum Gasteiger partial charge on any atom is 0.309 e. The van der Waals surface area contributed by atoms with Gasteiger partial charge >= 0.3 is 5.97 Å². The number of hydrogen-bond donors (Lipinski definition) is 1. The Labute approximate surface area is 158 Å². The molecule has 1 N–H and O–H groups in total. The van der Waals surface area contributed by atoms with Gasteiger partial charge in [-0.25, -0.2) is 8.42 Å². The third-order valence-corrected chi connectivity index (χ3v) is 4.62. The SMILES string of the molecule is Cc1ccc(OCCC(=O)OCC(=O)Nc2cccc(S(C)(=O)=O)c2)cc1. The summed E-state index contributed by atoms with van der Waals surface area (Å²) in [5.74, 6) is -0.479. The van der Waals surface area contributed by atoms with Crippen molar-refractivity contribution in [1.29, 1.82) is 0 Å². The van der Waals surface area contributed by atoms with Gasteiger partial charge in [0.15, 0.2) is 16.4 Å². The molecule has 0 heterocycles. The largest absolute Gasteiger partial charge is 0.493 e. The Morgan fingerprint density at radius 2 is 1.78 bits per heavy atom. The van der Waals surface area contributed by atoms with Crippen LogP contribution in [0, 0.1) is 6.92 Å². The van der Waals surface area contributed by atoms with Gasteiger partial charge in [0.1, 0.15) is 5.75 Å². The molecule has 0 radical (unpaired) electrons. The Hall–Kier alpha value is -2.87. The summed E-state index contributed by atoms with van der Waals surface area (Å²) >= 11 is 0. The number of sulfone groups is 1. The molecule has 0 aliphatic rings. The van der Waals surface area contributed by atoms with Crippen molar-refractivity contribution in [3.8, 4) is 5.75 Å². The average molecular weight is 391 g/mol. The van der Waals surface area contributed by atoms with Crippen LogP contribution in [0.5, 0.6) is 5.75 Å². The van der Waals surface area contributed by atoms with Crippen molar-refractivity contribution in [3.63, 3.8) is 0 Å². The lowest BCUT2D eigenvalue weighted by Gasteiger charge is -2.08. The van der Waals surface area contributed by atoms with Crippen molar-refractivity contribution in [3.05, 3.63) is 54.1 Å². The number of hydrogen-bond acceptors (Lipinski definition) is 6. The molecule has 0 saturated heterocycles. The monoisotopic (exact) mass is 391 g/mol. The van der Waals surface area contributed by atoms with Gasteiger partial charge in [0, 0.05) is 11.9 Å². The molecule has 27 heavy (non-hydrogen) atoms. The number of ether oxygens (including phenoxy) is 2. The predicted molar refractivity (Wildman–Crippen MR) is 100 cm³/mol. The fraction of sp³-hybridized carbons (Fsp3) is 0.263. The van der Waals surface area contributed by atoms with E-state index in [4.69, 9.17) is 9.47 Å². The molecular formula is C19H21NO6S. The van der Waals surface area contributed by atoms with Crippen LogP contribution in [0.15, 0.2) is 53.4 Å². The fourth-order valence-electron chi connectivity index (χ4n) is 2.11. The van der Waals surface area contributed by atoms with Crippen molar-refractivity contribution in [2.45, 2.75) is 18.2 Å². The molecule has 0 atom stereocenters. The quantitative estimate of drug-likeness (QED) is 0.694. The highest BCUT2D eigenvalue weighted by molar-refractivity contribution is 7.90. The Balaban J connectivity index is 1.73. The number of benzene rings is 2. The van der Waals surface area contributed by atoms with Gasteiger partial charge in [-0.2, -0.15) is 0 Å². The van der Waals surface area contributed by atoms with Gasteiger partial charge in [0.05, 0.1) is 17.9 Å². The van der Waals surface area contributed by atoms with Crippen LogP contribution >= 0.6 is 0 Å². The van der Waals surface area contributed by atoms with Crippen LogP contribution in [0.3, 0.4) is 0 Å². The second-order valence-corrected chi connectivity index (χ2v) is 7.94. The summed E-state index contributed by atoms with van der Waals surface area (Å²) in [4.78, 5) is 23.6. The zero-order valence-electron chi connectivity index (χ0n) is 15.1. The minimum atomic E-state index is -3.37. The lowest BCUT2D eigenvalue weighted by atomic mass is 10.2. The summed E-state index contributed by atoms with van der Waals surface area (Å²) in [7, 11) is -3.37. The van der Waals surface area contributed by atoms with Gasteiger partial charge in [0.25, 0.3) is 5.91 Å². The topological polar surface area (TPSA) is 98.8 Å². The molecule has 0 aliphatic carbocycles. The molecule has 0 bridgehead atoms. The lowest BCUT2D eigenvalue weighted by molar-refractivity contribution is -0.147. The minimum Gasteiger partial charge on any atom is -0.493 e. The molecule has 1 amide bonds. The summed E-state index contributed by atoms with van der Waals surface area (Å²) in [6.07, 6.45) is 1.08. The number of amides is 1. The van der Waals surface area contributed by atoms with Crippen molar-refractivity contribution >= 4 is 27.4 Å². The molecule has 0 aromatic heterocycles. The molecule has 0 spiro atoms. The first kappa shape index (κ1) is 20.4. The van der Waals surface area contributed by atoms with Gasteiger partial charge in [-0.15, -0.1) is 0 Å². The van der Waals surface area contributed by atoms with Gasteiger partial charge in [-0.05, 0) is 37.3 Å². The van der Waals surface area contributed by atoms with E-state index in [1.165, 1.54) is 18.2 Å². The summed E-state index contributed by atoms with van der Waals surface area (Å²) in [5.41, 5.74) is 1.41. The average Bonchev–Trinajstić information content (AvgIpc) is 2.61. The fourth-order valence-corrected chi connectivity index (χ4v) is 2.77. The summed E-state index contributed by atoms with van der Waals surface area (Å²) in [6, 6.07) is 13.2. The molecule has 2 aromatic carbocycles. The molecule has 7 nitrogen and oxygen atoms in total. The number of carbonyl (C=O) groups is 2. The van der Waals surface area contributed by atoms with Crippen LogP contribution in [-0.4, -0.2) is 39.8 Å². The summed E-state index contributed by atoms with van der Waals surface area (Å²) < 4.78 is 33.3. The van der Waals surface area contributed by atoms with E-state index in [0.29, 0.717) is 11.4 Å². The number of carbonyl (C=O) groups excluding carboxylic acids is 2. The molecule has 2 rings (SSSR count). The van der Waals surface area contributed by atoms with Gasteiger partial charge in [-0.3, -0.25) is 9.59 Å². The normalized spacial score (nSPS) is 10.9. The number of esters is 1. The molecule has 8 heteroatoms. The van der Waals surface area contributed by atoms with Crippen LogP contribution < -0.4 is 10.1 Å². The van der Waals surface area contributed by atoms with E-state index in [0.717, 1.165) is 11.8 Å². The molecule has 2 aromatic rings. The summed E-state index contributed by atoms with van der Waals surface area (Å²) in [6.45, 7) is 1.63. The van der Waals surface area contributed by atoms with Crippen LogP contribution in [0.25, 0.3) is 0 Å². The van der Waals surface area contributed by atoms with Gasteiger partial charge < -0.3 is 14.8 Å². The van der Waals surface area contributed by atoms with Crippen LogP contribution in [0.2, 0.25) is 0 Å². The van der Waals surface area contributed by atoms with E-state index in [-0.39, 0.29) is 17.9 Å². The van der Waals surface area contributed by atoms with Crippen LogP contribution in [0.1, 0.15) is 12.0 Å². The minimum absolute atomic E-state index is 0.00468. The molecule has 0 unspecified atom stereocenters. The highest BCUT2D eigenvalue weighted by Gasteiger charge is 2.11. The molecule has 144 valence electrons. The van der Waals surface area contributed by atoms with E-state index in [9.17, 15) is 18.0 Å².